The van der Waals surface area contributed by atoms with Crippen LogP contribution in [0.25, 0.3) is 0 Å². The number of nitrogens with one attached hydrogen (secondary N) is 2. The van der Waals surface area contributed by atoms with Crippen LogP contribution in [0.2, 0.25) is 0 Å². The zero-order valence-electron chi connectivity index (χ0n) is 13.4. The molecule has 0 spiro atoms. The number of hydrogen-bond donors (Lipinski definition) is 2. The van der Waals surface area contributed by atoms with Gasteiger partial charge in [0.1, 0.15) is 0 Å². The maximum absolute atomic E-state index is 12.0. The minimum absolute atomic E-state index is 0.00189. The summed E-state index contributed by atoms with van der Waals surface area (Å²) in [6, 6.07) is 9.94. The Morgan fingerprint density at radius 1 is 1.30 bits per heavy atom. The number of unbranched alkanes of at least 4 members (excludes halogenated alkanes) is 1. The quantitative estimate of drug-likeness (QED) is 0.533. The lowest BCUT2D eigenvalue weighted by Gasteiger charge is -2.13. The SMILES string of the molecule is CCCCNc1nnc(SCC(=O)NC(C)c2ccccc2)s1. The molecule has 2 aromatic rings. The molecule has 0 fully saturated rings. The van der Waals surface area contributed by atoms with Crippen molar-refractivity contribution in [2.75, 3.05) is 17.6 Å². The van der Waals surface area contributed by atoms with Crippen LogP contribution in [-0.2, 0) is 4.79 Å². The fourth-order valence-corrected chi connectivity index (χ4v) is 3.54. The molecule has 2 N–H and O–H groups in total. The molecule has 1 unspecified atom stereocenters. The van der Waals surface area contributed by atoms with Gasteiger partial charge in [0.2, 0.25) is 11.0 Å². The molecule has 1 amide bonds. The van der Waals surface area contributed by atoms with E-state index in [4.69, 9.17) is 0 Å². The van der Waals surface area contributed by atoms with E-state index in [0.29, 0.717) is 5.75 Å². The van der Waals surface area contributed by atoms with Crippen LogP contribution >= 0.6 is 23.1 Å². The highest BCUT2D eigenvalue weighted by Crippen LogP contribution is 2.25. The highest BCUT2D eigenvalue weighted by Gasteiger charge is 2.11. The topological polar surface area (TPSA) is 66.9 Å². The third-order valence-corrected chi connectivity index (χ3v) is 5.23. The van der Waals surface area contributed by atoms with E-state index in [1.54, 1.807) is 0 Å². The molecule has 0 aliphatic carbocycles. The summed E-state index contributed by atoms with van der Waals surface area (Å²) < 4.78 is 0.812. The number of hydrogen-bond acceptors (Lipinski definition) is 6. The number of rotatable bonds is 9. The molecule has 1 aromatic heterocycles. The lowest BCUT2D eigenvalue weighted by molar-refractivity contribution is -0.119. The van der Waals surface area contributed by atoms with Gasteiger partial charge in [-0.3, -0.25) is 4.79 Å². The van der Waals surface area contributed by atoms with Gasteiger partial charge in [0.25, 0.3) is 0 Å². The first-order chi connectivity index (χ1) is 11.2. The number of carbonyl (C=O) groups excluding carboxylic acids is 1. The Morgan fingerprint density at radius 2 is 2.09 bits per heavy atom. The average molecular weight is 351 g/mol. The predicted octanol–water partition coefficient (Wildman–Crippen LogP) is 3.72. The highest BCUT2D eigenvalue weighted by atomic mass is 32.2. The second-order valence-corrected chi connectivity index (χ2v) is 7.34. The maximum Gasteiger partial charge on any atom is 0.230 e. The first-order valence-corrected chi connectivity index (χ1v) is 9.53. The van der Waals surface area contributed by atoms with Gasteiger partial charge in [0.05, 0.1) is 11.8 Å². The van der Waals surface area contributed by atoms with Crippen molar-refractivity contribution in [1.29, 1.82) is 0 Å². The molecule has 2 rings (SSSR count). The lowest BCUT2D eigenvalue weighted by Crippen LogP contribution is -2.28. The van der Waals surface area contributed by atoms with Crippen molar-refractivity contribution in [2.45, 2.75) is 37.1 Å². The number of thioether (sulfide) groups is 1. The number of carbonyl (C=O) groups is 1. The van der Waals surface area contributed by atoms with Gasteiger partial charge in [0, 0.05) is 6.54 Å². The molecule has 7 heteroatoms. The Kier molecular flexibility index (Phi) is 7.35. The molecule has 0 radical (unpaired) electrons. The molecule has 0 bridgehead atoms. The van der Waals surface area contributed by atoms with E-state index >= 15 is 0 Å². The van der Waals surface area contributed by atoms with Crippen LogP contribution in [0.3, 0.4) is 0 Å². The standard InChI is InChI=1S/C16H22N4OS2/c1-3-4-10-17-15-19-20-16(23-15)22-11-14(21)18-12(2)13-8-6-5-7-9-13/h5-9,12H,3-4,10-11H2,1-2H3,(H,17,19)(H,18,21). The van der Waals surface area contributed by atoms with E-state index in [-0.39, 0.29) is 11.9 Å². The Bertz CT molecular complexity index is 603. The average Bonchev–Trinajstić information content (AvgIpc) is 3.02. The van der Waals surface area contributed by atoms with Crippen LogP contribution in [0.1, 0.15) is 38.3 Å². The molecule has 23 heavy (non-hydrogen) atoms. The minimum atomic E-state index is 0.00189. The molecule has 1 heterocycles. The summed E-state index contributed by atoms with van der Waals surface area (Å²) in [6.07, 6.45) is 2.26. The molecule has 0 aliphatic heterocycles. The lowest BCUT2D eigenvalue weighted by atomic mass is 10.1. The van der Waals surface area contributed by atoms with Crippen molar-refractivity contribution in [3.63, 3.8) is 0 Å². The fourth-order valence-electron chi connectivity index (χ4n) is 1.95. The van der Waals surface area contributed by atoms with Crippen molar-refractivity contribution in [2.24, 2.45) is 0 Å². The van der Waals surface area contributed by atoms with Crippen LogP contribution in [0.5, 0.6) is 0 Å². The number of amides is 1. The smallest absolute Gasteiger partial charge is 0.230 e. The Labute approximate surface area is 145 Å². The molecular formula is C16H22N4OS2. The third-order valence-electron chi connectivity index (χ3n) is 3.22. The largest absolute Gasteiger partial charge is 0.360 e. The minimum Gasteiger partial charge on any atom is -0.360 e. The van der Waals surface area contributed by atoms with Gasteiger partial charge in [-0.15, -0.1) is 10.2 Å². The van der Waals surface area contributed by atoms with E-state index in [2.05, 4.69) is 27.8 Å². The summed E-state index contributed by atoms with van der Waals surface area (Å²) in [5.41, 5.74) is 1.10. The maximum atomic E-state index is 12.0. The van der Waals surface area contributed by atoms with Gasteiger partial charge < -0.3 is 10.6 Å². The molecule has 0 saturated heterocycles. The summed E-state index contributed by atoms with van der Waals surface area (Å²) in [7, 11) is 0. The van der Waals surface area contributed by atoms with Crippen molar-refractivity contribution >= 4 is 34.1 Å². The summed E-state index contributed by atoms with van der Waals surface area (Å²) in [4.78, 5) is 12.0. The van der Waals surface area contributed by atoms with Gasteiger partial charge in [-0.25, -0.2) is 0 Å². The third kappa shape index (κ3) is 6.19. The van der Waals surface area contributed by atoms with Crippen molar-refractivity contribution in [3.05, 3.63) is 35.9 Å². The Balaban J connectivity index is 1.74. The van der Waals surface area contributed by atoms with Crippen molar-refractivity contribution in [3.8, 4) is 0 Å². The Morgan fingerprint density at radius 3 is 2.83 bits per heavy atom. The second-order valence-electron chi connectivity index (χ2n) is 5.14. The molecule has 0 aliphatic rings. The van der Waals surface area contributed by atoms with Crippen molar-refractivity contribution in [1.82, 2.24) is 15.5 Å². The molecule has 0 saturated carbocycles. The summed E-state index contributed by atoms with van der Waals surface area (Å²) in [5, 5.41) is 15.2. The van der Waals surface area contributed by atoms with E-state index in [0.717, 1.165) is 34.4 Å². The summed E-state index contributed by atoms with van der Waals surface area (Å²) in [6.45, 7) is 5.04. The summed E-state index contributed by atoms with van der Waals surface area (Å²) in [5.74, 6) is 0.350. The van der Waals surface area contributed by atoms with E-state index in [1.165, 1.54) is 23.1 Å². The molecular weight excluding hydrogens is 328 g/mol. The molecule has 1 atom stereocenters. The van der Waals surface area contributed by atoms with E-state index in [9.17, 15) is 4.79 Å². The first-order valence-electron chi connectivity index (χ1n) is 7.73. The molecule has 5 nitrogen and oxygen atoms in total. The highest BCUT2D eigenvalue weighted by molar-refractivity contribution is 8.01. The monoisotopic (exact) mass is 350 g/mol. The predicted molar refractivity (Wildman–Crippen MR) is 97.0 cm³/mol. The van der Waals surface area contributed by atoms with E-state index in [1.807, 2.05) is 37.3 Å². The van der Waals surface area contributed by atoms with Gasteiger partial charge in [-0.05, 0) is 18.9 Å². The summed E-state index contributed by atoms with van der Waals surface area (Å²) >= 11 is 2.91. The Hall–Kier alpha value is -1.60. The van der Waals surface area contributed by atoms with Crippen LogP contribution in [0, 0.1) is 0 Å². The van der Waals surface area contributed by atoms with Crippen LogP contribution < -0.4 is 10.6 Å². The number of nitrogens with zero attached hydrogens (tertiary/aromatic N) is 2. The normalized spacial score (nSPS) is 11.9. The van der Waals surface area contributed by atoms with Gasteiger partial charge in [-0.1, -0.05) is 66.8 Å². The van der Waals surface area contributed by atoms with Crippen LogP contribution in [0.15, 0.2) is 34.7 Å². The van der Waals surface area contributed by atoms with Gasteiger partial charge >= 0.3 is 0 Å². The molecule has 1 aromatic carbocycles. The van der Waals surface area contributed by atoms with Crippen molar-refractivity contribution < 1.29 is 4.79 Å². The van der Waals surface area contributed by atoms with E-state index < -0.39 is 0 Å². The number of anilines is 1. The fraction of sp³-hybridized carbons (Fsp3) is 0.438. The first kappa shape index (κ1) is 17.7. The van der Waals surface area contributed by atoms with Gasteiger partial charge in [0.15, 0.2) is 4.34 Å². The van der Waals surface area contributed by atoms with Crippen LogP contribution in [-0.4, -0.2) is 28.4 Å². The van der Waals surface area contributed by atoms with Gasteiger partial charge in [-0.2, -0.15) is 0 Å². The molecule has 124 valence electrons. The zero-order chi connectivity index (χ0) is 16.5. The number of aromatic nitrogens is 2. The second kappa shape index (κ2) is 9.52. The number of benzene rings is 1. The van der Waals surface area contributed by atoms with Crippen LogP contribution in [0.4, 0.5) is 5.13 Å². The zero-order valence-corrected chi connectivity index (χ0v) is 15.0.